The Labute approximate surface area is 392 Å². The minimum atomic E-state index is 0.585. The predicted molar refractivity (Wildman–Crippen MR) is 279 cm³/mol. The van der Waals surface area contributed by atoms with Crippen molar-refractivity contribution in [3.63, 3.8) is 0 Å². The highest BCUT2D eigenvalue weighted by Crippen LogP contribution is 2.40. The molecule has 0 aliphatic carbocycles. The quantitative estimate of drug-likeness (QED) is 0.153. The molecule has 318 valence electrons. The number of hydrogen-bond acceptors (Lipinski definition) is 4. The fraction of sp³-hybridized carbons (Fsp3) is 0. The molecule has 0 atom stereocenters. The summed E-state index contributed by atoms with van der Waals surface area (Å²) in [6, 6.07) is 85.3. The van der Waals surface area contributed by atoms with Crippen LogP contribution in [0.2, 0.25) is 0 Å². The van der Waals surface area contributed by atoms with Gasteiger partial charge >= 0.3 is 0 Å². The number of benzene rings is 10. The Balaban J connectivity index is 0.940. The van der Waals surface area contributed by atoms with E-state index in [1.54, 1.807) is 0 Å². The van der Waals surface area contributed by atoms with E-state index in [2.05, 4.69) is 229 Å². The molecule has 0 aliphatic rings. The van der Waals surface area contributed by atoms with Crippen LogP contribution in [0.5, 0.6) is 0 Å². The highest BCUT2D eigenvalue weighted by atomic mass is 16.3. The highest BCUT2D eigenvalue weighted by molar-refractivity contribution is 6.17. The lowest BCUT2D eigenvalue weighted by molar-refractivity contribution is 0.669. The summed E-state index contributed by atoms with van der Waals surface area (Å²) in [6.45, 7) is 0. The Morgan fingerprint density at radius 2 is 0.691 bits per heavy atom. The van der Waals surface area contributed by atoms with Gasteiger partial charge in [0.2, 0.25) is 0 Å². The van der Waals surface area contributed by atoms with E-state index in [0.717, 1.165) is 88.6 Å². The van der Waals surface area contributed by atoms with Crippen LogP contribution in [0.15, 0.2) is 247 Å². The first-order chi connectivity index (χ1) is 33.7. The molecular formula is C63H40N4O. The summed E-state index contributed by atoms with van der Waals surface area (Å²) < 4.78 is 9.04. The Hall–Kier alpha value is -9.19. The lowest BCUT2D eigenvalue weighted by Crippen LogP contribution is -2.00. The van der Waals surface area contributed by atoms with Gasteiger partial charge in [0.25, 0.3) is 0 Å². The summed E-state index contributed by atoms with van der Waals surface area (Å²) in [6.07, 6.45) is 0. The van der Waals surface area contributed by atoms with Gasteiger partial charge in [-0.1, -0.05) is 188 Å². The second kappa shape index (κ2) is 16.4. The van der Waals surface area contributed by atoms with Gasteiger partial charge in [-0.2, -0.15) is 0 Å². The molecule has 5 heteroatoms. The fourth-order valence-electron chi connectivity index (χ4n) is 9.64. The van der Waals surface area contributed by atoms with Gasteiger partial charge in [0.15, 0.2) is 17.5 Å². The van der Waals surface area contributed by atoms with Crippen LogP contribution in [0, 0.1) is 0 Å². The molecule has 10 aromatic carbocycles. The van der Waals surface area contributed by atoms with Crippen LogP contribution in [-0.2, 0) is 0 Å². The highest BCUT2D eigenvalue weighted by Gasteiger charge is 2.19. The number of rotatable bonds is 8. The summed E-state index contributed by atoms with van der Waals surface area (Å²) in [7, 11) is 0. The molecule has 0 fully saturated rings. The van der Waals surface area contributed by atoms with Crippen molar-refractivity contribution in [3.05, 3.63) is 243 Å². The third-order valence-corrected chi connectivity index (χ3v) is 13.1. The van der Waals surface area contributed by atoms with Crippen LogP contribution in [0.1, 0.15) is 0 Å². The molecule has 3 heterocycles. The molecule has 3 aromatic heterocycles. The van der Waals surface area contributed by atoms with Crippen molar-refractivity contribution in [2.75, 3.05) is 0 Å². The zero-order valence-electron chi connectivity index (χ0n) is 36.8. The maximum atomic E-state index is 6.66. The van der Waals surface area contributed by atoms with Crippen LogP contribution < -0.4 is 0 Å². The first kappa shape index (κ1) is 39.2. The molecule has 5 nitrogen and oxygen atoms in total. The molecule has 0 spiro atoms. The van der Waals surface area contributed by atoms with E-state index in [0.29, 0.717) is 17.5 Å². The second-order valence-corrected chi connectivity index (χ2v) is 17.2. The van der Waals surface area contributed by atoms with Crippen LogP contribution in [0.3, 0.4) is 0 Å². The van der Waals surface area contributed by atoms with Gasteiger partial charge in [-0.3, -0.25) is 0 Å². The smallest absolute Gasteiger partial charge is 0.164 e. The molecule has 0 bridgehead atoms. The Morgan fingerprint density at radius 1 is 0.250 bits per heavy atom. The lowest BCUT2D eigenvalue weighted by atomic mass is 10.00. The average Bonchev–Trinajstić information content (AvgIpc) is 3.95. The van der Waals surface area contributed by atoms with Crippen molar-refractivity contribution in [3.8, 4) is 84.4 Å². The molecule has 13 aromatic rings. The van der Waals surface area contributed by atoms with Gasteiger partial charge in [0, 0.05) is 43.9 Å². The predicted octanol–water partition coefficient (Wildman–Crippen LogP) is 16.5. The van der Waals surface area contributed by atoms with Crippen molar-refractivity contribution in [2.24, 2.45) is 0 Å². The van der Waals surface area contributed by atoms with Gasteiger partial charge < -0.3 is 8.98 Å². The van der Waals surface area contributed by atoms with E-state index in [1.165, 1.54) is 22.1 Å². The van der Waals surface area contributed by atoms with Crippen LogP contribution in [0.25, 0.3) is 128 Å². The molecule has 0 saturated carbocycles. The van der Waals surface area contributed by atoms with Crippen molar-refractivity contribution in [1.82, 2.24) is 19.5 Å². The van der Waals surface area contributed by atoms with E-state index in [4.69, 9.17) is 19.4 Å². The lowest BCUT2D eigenvalue weighted by Gasteiger charge is -2.11. The number of furan rings is 1. The van der Waals surface area contributed by atoms with E-state index in [-0.39, 0.29) is 0 Å². The first-order valence-electron chi connectivity index (χ1n) is 22.9. The maximum absolute atomic E-state index is 6.66. The fourth-order valence-corrected chi connectivity index (χ4v) is 9.64. The topological polar surface area (TPSA) is 56.7 Å². The van der Waals surface area contributed by atoms with Gasteiger partial charge in [0.05, 0.1) is 11.0 Å². The minimum Gasteiger partial charge on any atom is -0.456 e. The van der Waals surface area contributed by atoms with Gasteiger partial charge in [-0.15, -0.1) is 0 Å². The van der Waals surface area contributed by atoms with E-state index in [9.17, 15) is 0 Å². The zero-order valence-corrected chi connectivity index (χ0v) is 36.8. The van der Waals surface area contributed by atoms with Crippen molar-refractivity contribution in [2.45, 2.75) is 0 Å². The third kappa shape index (κ3) is 7.02. The van der Waals surface area contributed by atoms with Crippen molar-refractivity contribution < 1.29 is 4.42 Å². The molecule has 0 aliphatic heterocycles. The van der Waals surface area contributed by atoms with Crippen LogP contribution >= 0.6 is 0 Å². The van der Waals surface area contributed by atoms with E-state index in [1.807, 2.05) is 18.2 Å². The summed E-state index contributed by atoms with van der Waals surface area (Å²) in [5, 5.41) is 4.31. The van der Waals surface area contributed by atoms with E-state index >= 15 is 0 Å². The Bertz CT molecular complexity index is 3990. The number of para-hydroxylation sites is 1. The van der Waals surface area contributed by atoms with Gasteiger partial charge in [-0.25, -0.2) is 15.0 Å². The minimum absolute atomic E-state index is 0.585. The van der Waals surface area contributed by atoms with Gasteiger partial charge in [0.1, 0.15) is 11.2 Å². The molecule has 68 heavy (non-hydrogen) atoms. The average molecular weight is 869 g/mol. The molecule has 0 radical (unpaired) electrons. The van der Waals surface area contributed by atoms with Crippen molar-refractivity contribution in [1.29, 1.82) is 0 Å². The molecule has 0 saturated heterocycles. The SMILES string of the molecule is c1ccc(-c2ccc(-c3cccc(-n4c5ccccc5c5cc6oc7ccc(-c8nc(-c9ccc(-c%10ccccc%10)cc9)nc(-c9cccc(-c%10ccccc%10)c9)n8)cc7c6cc54)c3)cc2)cc1. The first-order valence-corrected chi connectivity index (χ1v) is 22.9. The molecular weight excluding hydrogens is 829 g/mol. The Kier molecular flexibility index (Phi) is 9.43. The summed E-state index contributed by atoms with van der Waals surface area (Å²) in [4.78, 5) is 15.5. The second-order valence-electron chi connectivity index (χ2n) is 17.2. The molecule has 0 unspecified atom stereocenters. The third-order valence-electron chi connectivity index (χ3n) is 13.1. The van der Waals surface area contributed by atoms with Gasteiger partial charge in [-0.05, 0) is 99.1 Å². The van der Waals surface area contributed by atoms with E-state index < -0.39 is 0 Å². The normalized spacial score (nSPS) is 11.5. The largest absolute Gasteiger partial charge is 0.456 e. The van der Waals surface area contributed by atoms with Crippen LogP contribution in [0.4, 0.5) is 0 Å². The standard InChI is InChI=1S/C63H40N4O/c1-4-14-41(15-5-1)44-26-28-46(29-27-44)49-21-13-23-52(37-49)67-57-25-11-10-24-53(57)54-40-60-56(39-58(54)67)55-38-51(34-35-59(55)68-60)63-65-61(47-32-30-45(31-33-47)42-16-6-2-7-17-42)64-62(66-63)50-22-12-20-48(36-50)43-18-8-3-9-19-43/h1-40H. The molecule has 0 amide bonds. The van der Waals surface area contributed by atoms with Crippen molar-refractivity contribution >= 4 is 43.7 Å². The number of aromatic nitrogens is 4. The number of nitrogens with zero attached hydrogens (tertiary/aromatic N) is 4. The summed E-state index contributed by atoms with van der Waals surface area (Å²) >= 11 is 0. The van der Waals surface area contributed by atoms with Crippen LogP contribution in [-0.4, -0.2) is 19.5 Å². The monoisotopic (exact) mass is 868 g/mol. The number of hydrogen-bond donors (Lipinski definition) is 0. The Morgan fingerprint density at radius 3 is 1.34 bits per heavy atom. The maximum Gasteiger partial charge on any atom is 0.164 e. The zero-order chi connectivity index (χ0) is 45.0. The summed E-state index contributed by atoms with van der Waals surface area (Å²) in [5.74, 6) is 1.79. The molecule has 13 rings (SSSR count). The summed E-state index contributed by atoms with van der Waals surface area (Å²) in [5.41, 5.74) is 16.9. The number of fused-ring (bicyclic) bond motifs is 6. The molecule has 0 N–H and O–H groups in total.